The van der Waals surface area contributed by atoms with Crippen LogP contribution in [0.5, 0.6) is 0 Å². The van der Waals surface area contributed by atoms with Crippen molar-refractivity contribution in [2.75, 3.05) is 31.1 Å². The van der Waals surface area contributed by atoms with Crippen molar-refractivity contribution >= 4 is 39.5 Å². The summed E-state index contributed by atoms with van der Waals surface area (Å²) in [7, 11) is 0. The van der Waals surface area contributed by atoms with Gasteiger partial charge in [0.1, 0.15) is 0 Å². The molecule has 0 bridgehead atoms. The molecule has 0 N–H and O–H groups in total. The van der Waals surface area contributed by atoms with Crippen molar-refractivity contribution in [3.8, 4) is 11.3 Å². The number of hydrogen-bond donors (Lipinski definition) is 0. The molecule has 1 saturated heterocycles. The molecule has 0 unspecified atom stereocenters. The number of thiazole rings is 1. The summed E-state index contributed by atoms with van der Waals surface area (Å²) >= 11 is 7.61. The Labute approximate surface area is 196 Å². The fourth-order valence-electron chi connectivity index (χ4n) is 4.20. The van der Waals surface area contributed by atoms with Crippen molar-refractivity contribution in [1.82, 2.24) is 14.3 Å². The number of aryl methyl sites for hydroxylation is 2. The third-order valence-corrected chi connectivity index (χ3v) is 7.16. The number of halogens is 1. The number of benzene rings is 2. The van der Waals surface area contributed by atoms with Crippen LogP contribution in [0.25, 0.3) is 16.2 Å². The molecule has 0 aliphatic carbocycles. The van der Waals surface area contributed by atoms with Gasteiger partial charge < -0.3 is 9.80 Å². The predicted molar refractivity (Wildman–Crippen MR) is 132 cm³/mol. The highest BCUT2D eigenvalue weighted by Crippen LogP contribution is 2.25. The number of imidazole rings is 1. The quantitative estimate of drug-likeness (QED) is 0.402. The highest BCUT2D eigenvalue weighted by Gasteiger charge is 2.21. The van der Waals surface area contributed by atoms with E-state index in [2.05, 4.69) is 52.1 Å². The van der Waals surface area contributed by atoms with Gasteiger partial charge in [0, 0.05) is 66.1 Å². The first-order chi connectivity index (χ1) is 15.6. The number of carbonyl (C=O) groups excluding carboxylic acids is 1. The number of anilines is 1. The summed E-state index contributed by atoms with van der Waals surface area (Å²) in [5, 5.41) is 2.82. The zero-order chi connectivity index (χ0) is 22.1. The molecule has 7 heteroatoms. The first-order valence-corrected chi connectivity index (χ1v) is 12.1. The molecule has 32 heavy (non-hydrogen) atoms. The molecular formula is C25H25ClN4OS. The summed E-state index contributed by atoms with van der Waals surface area (Å²) in [6.45, 7) is 5.42. The van der Waals surface area contributed by atoms with E-state index in [0.717, 1.165) is 48.1 Å². The number of nitrogens with zero attached hydrogens (tertiary/aromatic N) is 4. The van der Waals surface area contributed by atoms with Crippen LogP contribution in [0.2, 0.25) is 5.02 Å². The number of hydrogen-bond acceptors (Lipinski definition) is 4. The lowest BCUT2D eigenvalue weighted by Gasteiger charge is -2.36. The minimum absolute atomic E-state index is 0.228. The maximum Gasteiger partial charge on any atom is 0.223 e. The van der Waals surface area contributed by atoms with Crippen molar-refractivity contribution in [1.29, 1.82) is 0 Å². The van der Waals surface area contributed by atoms with E-state index in [4.69, 9.17) is 16.6 Å². The molecular weight excluding hydrogens is 440 g/mol. The van der Waals surface area contributed by atoms with Gasteiger partial charge in [0.05, 0.1) is 5.69 Å². The maximum absolute atomic E-state index is 12.9. The summed E-state index contributed by atoms with van der Waals surface area (Å²) in [5.41, 5.74) is 5.60. The number of carbonyl (C=O) groups is 1. The molecule has 1 aliphatic rings. The van der Waals surface area contributed by atoms with Crippen LogP contribution in [0.15, 0.2) is 60.1 Å². The Balaban J connectivity index is 1.19. The van der Waals surface area contributed by atoms with Gasteiger partial charge in [-0.3, -0.25) is 9.20 Å². The maximum atomic E-state index is 12.9. The van der Waals surface area contributed by atoms with E-state index in [1.165, 1.54) is 11.3 Å². The Kier molecular flexibility index (Phi) is 5.89. The predicted octanol–water partition coefficient (Wildman–Crippen LogP) is 5.31. The average molecular weight is 465 g/mol. The molecule has 0 spiro atoms. The van der Waals surface area contributed by atoms with E-state index in [1.54, 1.807) is 11.3 Å². The first-order valence-electron chi connectivity index (χ1n) is 10.9. The third-order valence-electron chi connectivity index (χ3n) is 6.02. The van der Waals surface area contributed by atoms with E-state index in [0.29, 0.717) is 17.9 Å². The number of piperazine rings is 1. The van der Waals surface area contributed by atoms with E-state index in [1.807, 2.05) is 29.2 Å². The van der Waals surface area contributed by atoms with Crippen molar-refractivity contribution < 1.29 is 4.79 Å². The number of aromatic nitrogens is 2. The normalized spacial score (nSPS) is 14.3. The minimum atomic E-state index is 0.228. The second kappa shape index (κ2) is 8.96. The minimum Gasteiger partial charge on any atom is -0.368 e. The number of amides is 1. The fraction of sp³-hybridized carbons (Fsp3) is 0.280. The molecule has 0 saturated carbocycles. The standard InChI is InChI=1S/C25H25ClN4OS/c1-18-3-2-4-21(15-18)28-11-13-29(14-12-28)24(31)10-9-22-17-32-25-27-23(16-30(22)25)19-5-7-20(26)8-6-19/h2-8,15-17H,9-14H2,1H3. The zero-order valence-corrected chi connectivity index (χ0v) is 19.6. The van der Waals surface area contributed by atoms with Gasteiger partial charge in [0.25, 0.3) is 0 Å². The zero-order valence-electron chi connectivity index (χ0n) is 18.0. The number of fused-ring (bicyclic) bond motifs is 1. The molecule has 5 rings (SSSR count). The molecule has 2 aromatic heterocycles. The van der Waals surface area contributed by atoms with Gasteiger partial charge in [-0.2, -0.15) is 0 Å². The molecule has 0 atom stereocenters. The van der Waals surface area contributed by atoms with Crippen molar-refractivity contribution in [3.63, 3.8) is 0 Å². The Hall–Kier alpha value is -2.83. The Morgan fingerprint density at radius 3 is 2.62 bits per heavy atom. The topological polar surface area (TPSA) is 40.8 Å². The van der Waals surface area contributed by atoms with Crippen LogP contribution in [0, 0.1) is 6.92 Å². The summed E-state index contributed by atoms with van der Waals surface area (Å²) in [5.74, 6) is 0.228. The van der Waals surface area contributed by atoms with Crippen LogP contribution in [0.3, 0.4) is 0 Å². The summed E-state index contributed by atoms with van der Waals surface area (Å²) in [6, 6.07) is 16.3. The monoisotopic (exact) mass is 464 g/mol. The largest absolute Gasteiger partial charge is 0.368 e. The van der Waals surface area contributed by atoms with E-state index >= 15 is 0 Å². The highest BCUT2D eigenvalue weighted by atomic mass is 35.5. The Morgan fingerprint density at radius 1 is 1.09 bits per heavy atom. The molecule has 3 heterocycles. The van der Waals surface area contributed by atoms with Crippen molar-refractivity contribution in [3.05, 3.63) is 76.4 Å². The van der Waals surface area contributed by atoms with E-state index in [9.17, 15) is 4.79 Å². The van der Waals surface area contributed by atoms with Gasteiger partial charge in [0.2, 0.25) is 5.91 Å². The van der Waals surface area contributed by atoms with Gasteiger partial charge in [0.15, 0.2) is 4.96 Å². The summed E-state index contributed by atoms with van der Waals surface area (Å²) < 4.78 is 2.11. The Bertz CT molecular complexity index is 1240. The van der Waals surface area contributed by atoms with Crippen molar-refractivity contribution in [2.24, 2.45) is 0 Å². The van der Waals surface area contributed by atoms with E-state index in [-0.39, 0.29) is 5.91 Å². The molecule has 164 valence electrons. The molecule has 1 fully saturated rings. The lowest BCUT2D eigenvalue weighted by molar-refractivity contribution is -0.131. The van der Waals surface area contributed by atoms with Crippen LogP contribution >= 0.6 is 22.9 Å². The SMILES string of the molecule is Cc1cccc(N2CCN(C(=O)CCc3csc4nc(-c5ccc(Cl)cc5)cn34)CC2)c1. The van der Waals surface area contributed by atoms with Crippen LogP contribution in [0.4, 0.5) is 5.69 Å². The number of rotatable bonds is 5. The highest BCUT2D eigenvalue weighted by molar-refractivity contribution is 7.15. The van der Waals surface area contributed by atoms with Crippen LogP contribution in [0.1, 0.15) is 17.7 Å². The van der Waals surface area contributed by atoms with Crippen LogP contribution < -0.4 is 4.90 Å². The lowest BCUT2D eigenvalue weighted by atomic mass is 10.1. The van der Waals surface area contributed by atoms with Gasteiger partial charge in [-0.25, -0.2) is 4.98 Å². The first kappa shape index (κ1) is 21.0. The molecule has 4 aromatic rings. The molecule has 0 radical (unpaired) electrons. The Morgan fingerprint density at radius 2 is 1.88 bits per heavy atom. The van der Waals surface area contributed by atoms with Gasteiger partial charge >= 0.3 is 0 Å². The average Bonchev–Trinajstić information content (AvgIpc) is 3.39. The van der Waals surface area contributed by atoms with Crippen LogP contribution in [-0.2, 0) is 11.2 Å². The third kappa shape index (κ3) is 4.38. The summed E-state index contributed by atoms with van der Waals surface area (Å²) in [6.07, 6.45) is 3.29. The molecule has 2 aromatic carbocycles. The second-order valence-corrected chi connectivity index (χ2v) is 9.49. The van der Waals surface area contributed by atoms with Gasteiger partial charge in [-0.1, -0.05) is 35.9 Å². The lowest BCUT2D eigenvalue weighted by Crippen LogP contribution is -2.48. The molecule has 1 amide bonds. The molecule has 1 aliphatic heterocycles. The molecule has 5 nitrogen and oxygen atoms in total. The fourth-order valence-corrected chi connectivity index (χ4v) is 5.23. The second-order valence-electron chi connectivity index (χ2n) is 8.22. The van der Waals surface area contributed by atoms with Crippen molar-refractivity contribution in [2.45, 2.75) is 19.8 Å². The smallest absolute Gasteiger partial charge is 0.223 e. The van der Waals surface area contributed by atoms with E-state index < -0.39 is 0 Å². The van der Waals surface area contributed by atoms with Gasteiger partial charge in [-0.15, -0.1) is 11.3 Å². The summed E-state index contributed by atoms with van der Waals surface area (Å²) in [4.78, 5) is 22.9. The van der Waals surface area contributed by atoms with Crippen LogP contribution in [-0.4, -0.2) is 46.4 Å². The van der Waals surface area contributed by atoms with Gasteiger partial charge in [-0.05, 0) is 43.2 Å².